The fraction of sp³-hybridized carbons (Fsp3) is 1.00. The first-order valence-corrected chi connectivity index (χ1v) is 8.84. The average Bonchev–Trinajstić information content (AvgIpc) is 2.44. The monoisotopic (exact) mass is 290 g/mol. The molecule has 1 rings (SSSR count). The molecule has 0 aromatic rings. The molecule has 0 spiro atoms. The SMILES string of the molecule is S=P1(N(CCCl)CCCl)NCCCCO1. The molecule has 1 heterocycles. The Morgan fingerprint density at radius 1 is 1.27 bits per heavy atom. The van der Waals surface area contributed by atoms with E-state index in [2.05, 4.69) is 9.76 Å². The van der Waals surface area contributed by atoms with Crippen LogP contribution in [0.25, 0.3) is 0 Å². The molecule has 0 saturated carbocycles. The van der Waals surface area contributed by atoms with Crippen LogP contribution in [0.3, 0.4) is 0 Å². The average molecular weight is 291 g/mol. The van der Waals surface area contributed by atoms with Crippen LogP contribution in [-0.2, 0) is 16.3 Å². The molecule has 1 aliphatic heterocycles. The van der Waals surface area contributed by atoms with Crippen LogP contribution in [0, 0.1) is 0 Å². The number of nitrogens with zero attached hydrogens (tertiary/aromatic N) is 1. The van der Waals surface area contributed by atoms with Gasteiger partial charge in [0.25, 0.3) is 0 Å². The predicted molar refractivity (Wildman–Crippen MR) is 70.5 cm³/mol. The number of rotatable bonds is 5. The maximum absolute atomic E-state index is 5.78. The van der Waals surface area contributed by atoms with Crippen molar-refractivity contribution in [3.8, 4) is 0 Å². The molecule has 0 bridgehead atoms. The molecule has 1 unspecified atom stereocenters. The number of halogens is 2. The highest BCUT2D eigenvalue weighted by molar-refractivity contribution is 8.10. The third-order valence-corrected chi connectivity index (χ3v) is 6.24. The van der Waals surface area contributed by atoms with Crippen molar-refractivity contribution in [1.82, 2.24) is 9.76 Å². The van der Waals surface area contributed by atoms with Gasteiger partial charge in [-0.15, -0.1) is 23.2 Å². The minimum Gasteiger partial charge on any atom is -0.327 e. The van der Waals surface area contributed by atoms with E-state index in [-0.39, 0.29) is 0 Å². The number of hydrogen-bond acceptors (Lipinski definition) is 2. The summed E-state index contributed by atoms with van der Waals surface area (Å²) < 4.78 is 7.87. The fourth-order valence-corrected chi connectivity index (χ4v) is 5.06. The molecule has 1 aliphatic rings. The topological polar surface area (TPSA) is 24.5 Å². The molecule has 0 amide bonds. The van der Waals surface area contributed by atoms with E-state index >= 15 is 0 Å². The lowest BCUT2D eigenvalue weighted by Gasteiger charge is -2.32. The van der Waals surface area contributed by atoms with E-state index in [0.717, 1.165) is 39.1 Å². The summed E-state index contributed by atoms with van der Waals surface area (Å²) in [4.78, 5) is 0. The molecule has 7 heteroatoms. The summed E-state index contributed by atoms with van der Waals surface area (Å²) in [5, 5.41) is 3.34. The minimum atomic E-state index is -2.05. The minimum absolute atomic E-state index is 0.556. The van der Waals surface area contributed by atoms with Crippen LogP contribution < -0.4 is 5.09 Å². The number of hydrogen-bond donors (Lipinski definition) is 1. The van der Waals surface area contributed by atoms with Gasteiger partial charge in [-0.05, 0) is 24.6 Å². The third kappa shape index (κ3) is 4.47. The van der Waals surface area contributed by atoms with Crippen LogP contribution in [0.1, 0.15) is 12.8 Å². The van der Waals surface area contributed by atoms with Crippen molar-refractivity contribution >= 4 is 41.6 Å². The highest BCUT2D eigenvalue weighted by Crippen LogP contribution is 2.47. The van der Waals surface area contributed by atoms with E-state index in [4.69, 9.17) is 39.5 Å². The van der Waals surface area contributed by atoms with Crippen molar-refractivity contribution in [2.75, 3.05) is 38.0 Å². The Balaban J connectivity index is 2.64. The highest BCUT2D eigenvalue weighted by atomic mass is 35.5. The molecule has 0 aromatic carbocycles. The van der Waals surface area contributed by atoms with Gasteiger partial charge in [-0.25, -0.2) is 4.67 Å². The van der Waals surface area contributed by atoms with Crippen molar-refractivity contribution in [1.29, 1.82) is 0 Å². The predicted octanol–water partition coefficient (Wildman–Crippen LogP) is 2.39. The van der Waals surface area contributed by atoms with Crippen molar-refractivity contribution in [3.63, 3.8) is 0 Å². The van der Waals surface area contributed by atoms with Gasteiger partial charge in [-0.1, -0.05) is 0 Å². The quantitative estimate of drug-likeness (QED) is 0.621. The first-order valence-electron chi connectivity index (χ1n) is 5.10. The normalized spacial score (nSPS) is 27.9. The first kappa shape index (κ1) is 14.2. The van der Waals surface area contributed by atoms with Gasteiger partial charge in [0.05, 0.1) is 6.61 Å². The van der Waals surface area contributed by atoms with Crippen molar-refractivity contribution < 1.29 is 4.52 Å². The summed E-state index contributed by atoms with van der Waals surface area (Å²) in [6, 6.07) is 0. The molecule has 1 fully saturated rings. The van der Waals surface area contributed by atoms with Crippen molar-refractivity contribution in [2.45, 2.75) is 12.8 Å². The van der Waals surface area contributed by atoms with E-state index in [1.807, 2.05) is 0 Å². The Morgan fingerprint density at radius 2 is 1.93 bits per heavy atom. The largest absolute Gasteiger partial charge is 0.327 e. The molecule has 90 valence electrons. The Hall–Kier alpha value is 1.11. The Labute approximate surface area is 107 Å². The van der Waals surface area contributed by atoms with Gasteiger partial charge in [0, 0.05) is 31.4 Å². The van der Waals surface area contributed by atoms with Crippen molar-refractivity contribution in [3.05, 3.63) is 0 Å². The van der Waals surface area contributed by atoms with Gasteiger partial charge in [0.1, 0.15) is 0 Å². The van der Waals surface area contributed by atoms with Crippen LogP contribution in [0.15, 0.2) is 0 Å². The second-order valence-corrected chi connectivity index (χ2v) is 7.72. The highest BCUT2D eigenvalue weighted by Gasteiger charge is 2.27. The molecule has 1 N–H and O–H groups in total. The van der Waals surface area contributed by atoms with Crippen LogP contribution in [0.2, 0.25) is 0 Å². The molecule has 3 nitrogen and oxygen atoms in total. The van der Waals surface area contributed by atoms with E-state index < -0.39 is 6.57 Å². The van der Waals surface area contributed by atoms with Gasteiger partial charge in [-0.2, -0.15) is 0 Å². The van der Waals surface area contributed by atoms with E-state index in [1.54, 1.807) is 0 Å². The molecular weight excluding hydrogens is 274 g/mol. The summed E-state index contributed by atoms with van der Waals surface area (Å²) in [6.07, 6.45) is 2.19. The molecule has 15 heavy (non-hydrogen) atoms. The summed E-state index contributed by atoms with van der Waals surface area (Å²) >= 11 is 17.1. The lowest BCUT2D eigenvalue weighted by Crippen LogP contribution is -2.31. The van der Waals surface area contributed by atoms with Gasteiger partial charge < -0.3 is 4.52 Å². The third-order valence-electron chi connectivity index (χ3n) is 2.21. The molecule has 1 atom stereocenters. The zero-order chi connectivity index (χ0) is 11.1. The van der Waals surface area contributed by atoms with E-state index in [1.165, 1.54) is 0 Å². The maximum atomic E-state index is 5.78. The van der Waals surface area contributed by atoms with E-state index in [0.29, 0.717) is 11.8 Å². The smallest absolute Gasteiger partial charge is 0.200 e. The fourth-order valence-electron chi connectivity index (χ4n) is 1.43. The van der Waals surface area contributed by atoms with E-state index in [9.17, 15) is 0 Å². The summed E-state index contributed by atoms with van der Waals surface area (Å²) in [5.41, 5.74) is 0. The standard InChI is InChI=1S/C8H17Cl2N2OPS/c9-3-6-12(7-4-10)14(15)11-5-1-2-8-13-14/h1-8H2,(H,11,15). The van der Waals surface area contributed by atoms with Gasteiger partial charge in [0.2, 0.25) is 6.57 Å². The van der Waals surface area contributed by atoms with Crippen LogP contribution in [-0.4, -0.2) is 42.7 Å². The van der Waals surface area contributed by atoms with Gasteiger partial charge in [0.15, 0.2) is 0 Å². The summed E-state index contributed by atoms with van der Waals surface area (Å²) in [6.45, 7) is 1.09. The number of nitrogens with one attached hydrogen (secondary N) is 1. The van der Waals surface area contributed by atoms with Crippen LogP contribution in [0.4, 0.5) is 0 Å². The second kappa shape index (κ2) is 7.44. The zero-order valence-electron chi connectivity index (χ0n) is 8.62. The van der Waals surface area contributed by atoms with Crippen LogP contribution in [0.5, 0.6) is 0 Å². The molecule has 0 radical (unpaired) electrons. The lowest BCUT2D eigenvalue weighted by atomic mass is 10.3. The lowest BCUT2D eigenvalue weighted by molar-refractivity contribution is 0.309. The Morgan fingerprint density at radius 3 is 2.53 bits per heavy atom. The maximum Gasteiger partial charge on any atom is 0.200 e. The van der Waals surface area contributed by atoms with Crippen molar-refractivity contribution in [2.24, 2.45) is 0 Å². The molecule has 0 aromatic heterocycles. The molecular formula is C8H17Cl2N2OPS. The van der Waals surface area contributed by atoms with Gasteiger partial charge >= 0.3 is 0 Å². The first-order chi connectivity index (χ1) is 7.23. The zero-order valence-corrected chi connectivity index (χ0v) is 11.8. The van der Waals surface area contributed by atoms with Crippen LogP contribution >= 0.6 is 29.8 Å². The molecule has 0 aliphatic carbocycles. The number of alkyl halides is 2. The Bertz CT molecular complexity index is 215. The Kier molecular flexibility index (Phi) is 7.03. The molecule has 1 saturated heterocycles. The summed E-state index contributed by atoms with van der Waals surface area (Å²) in [7, 11) is 0. The second-order valence-electron chi connectivity index (χ2n) is 3.30. The summed E-state index contributed by atoms with van der Waals surface area (Å²) in [5.74, 6) is 1.11. The van der Waals surface area contributed by atoms with Gasteiger partial charge in [-0.3, -0.25) is 5.09 Å².